The summed E-state index contributed by atoms with van der Waals surface area (Å²) in [6.07, 6.45) is 0.980. The topological polar surface area (TPSA) is 58.4 Å². The molecular formula is C14H21N3O. The molecule has 1 aliphatic rings. The zero-order chi connectivity index (χ0) is 13.1. The average molecular weight is 247 g/mol. The van der Waals surface area contributed by atoms with E-state index in [4.69, 9.17) is 5.73 Å². The van der Waals surface area contributed by atoms with Crippen LogP contribution in [0.3, 0.4) is 0 Å². The molecule has 0 radical (unpaired) electrons. The standard InChI is InChI=1S/C14H21N3O/c1-10(14(18)16-2)17-8-7-11-5-3-4-6-12(11)13(17)9-15/h3-6,10,13H,7-9,15H2,1-2H3,(H,16,18). The van der Waals surface area contributed by atoms with Gasteiger partial charge in [-0.1, -0.05) is 24.3 Å². The second kappa shape index (κ2) is 5.50. The van der Waals surface area contributed by atoms with Crippen molar-refractivity contribution in [3.8, 4) is 0 Å². The number of nitrogens with zero attached hydrogens (tertiary/aromatic N) is 1. The van der Waals surface area contributed by atoms with E-state index in [9.17, 15) is 4.79 Å². The van der Waals surface area contributed by atoms with Gasteiger partial charge in [0.05, 0.1) is 6.04 Å². The molecule has 0 aromatic heterocycles. The van der Waals surface area contributed by atoms with Gasteiger partial charge in [-0.15, -0.1) is 0 Å². The fourth-order valence-corrected chi connectivity index (χ4v) is 2.76. The van der Waals surface area contributed by atoms with E-state index in [0.717, 1.165) is 13.0 Å². The number of fused-ring (bicyclic) bond motifs is 1. The zero-order valence-corrected chi connectivity index (χ0v) is 11.0. The molecule has 2 atom stereocenters. The first-order valence-electron chi connectivity index (χ1n) is 6.44. The highest BCUT2D eigenvalue weighted by Crippen LogP contribution is 2.30. The van der Waals surface area contributed by atoms with Crippen LogP contribution in [0, 0.1) is 0 Å². The predicted octanol–water partition coefficient (Wildman–Crippen LogP) is 0.679. The monoisotopic (exact) mass is 247 g/mol. The molecule has 2 rings (SSSR count). The molecular weight excluding hydrogens is 226 g/mol. The van der Waals surface area contributed by atoms with Crippen molar-refractivity contribution in [2.45, 2.75) is 25.4 Å². The van der Waals surface area contributed by atoms with E-state index in [1.54, 1.807) is 7.05 Å². The van der Waals surface area contributed by atoms with Crippen LogP contribution in [0.1, 0.15) is 24.1 Å². The van der Waals surface area contributed by atoms with E-state index in [-0.39, 0.29) is 18.0 Å². The predicted molar refractivity (Wildman–Crippen MR) is 72.2 cm³/mol. The summed E-state index contributed by atoms with van der Waals surface area (Å²) in [5.41, 5.74) is 8.54. The van der Waals surface area contributed by atoms with Gasteiger partial charge in [0.1, 0.15) is 0 Å². The average Bonchev–Trinajstić information content (AvgIpc) is 2.44. The molecule has 1 heterocycles. The summed E-state index contributed by atoms with van der Waals surface area (Å²) in [7, 11) is 1.67. The molecule has 0 saturated heterocycles. The van der Waals surface area contributed by atoms with Crippen molar-refractivity contribution in [2.24, 2.45) is 5.73 Å². The van der Waals surface area contributed by atoms with E-state index in [1.807, 2.05) is 13.0 Å². The Hall–Kier alpha value is -1.39. The maximum absolute atomic E-state index is 11.8. The van der Waals surface area contributed by atoms with Gasteiger partial charge in [-0.3, -0.25) is 9.69 Å². The summed E-state index contributed by atoms with van der Waals surface area (Å²) < 4.78 is 0. The van der Waals surface area contributed by atoms with E-state index in [2.05, 4.69) is 28.4 Å². The molecule has 0 bridgehead atoms. The molecule has 98 valence electrons. The van der Waals surface area contributed by atoms with Crippen LogP contribution in [0.4, 0.5) is 0 Å². The lowest BCUT2D eigenvalue weighted by Gasteiger charge is -2.39. The van der Waals surface area contributed by atoms with Crippen LogP contribution in [0.15, 0.2) is 24.3 Å². The van der Waals surface area contributed by atoms with Gasteiger partial charge in [0, 0.05) is 26.2 Å². The van der Waals surface area contributed by atoms with Crippen molar-refractivity contribution >= 4 is 5.91 Å². The molecule has 4 heteroatoms. The lowest BCUT2D eigenvalue weighted by molar-refractivity contribution is -0.126. The molecule has 3 N–H and O–H groups in total. The zero-order valence-electron chi connectivity index (χ0n) is 11.0. The first-order valence-corrected chi connectivity index (χ1v) is 6.44. The van der Waals surface area contributed by atoms with Crippen molar-refractivity contribution in [3.63, 3.8) is 0 Å². The fraction of sp³-hybridized carbons (Fsp3) is 0.500. The van der Waals surface area contributed by atoms with Crippen molar-refractivity contribution < 1.29 is 4.79 Å². The Balaban J connectivity index is 2.28. The Morgan fingerprint density at radius 1 is 1.56 bits per heavy atom. The number of nitrogens with one attached hydrogen (secondary N) is 1. The quantitative estimate of drug-likeness (QED) is 0.826. The molecule has 0 aliphatic carbocycles. The van der Waals surface area contributed by atoms with Gasteiger partial charge in [-0.25, -0.2) is 0 Å². The number of rotatable bonds is 3. The SMILES string of the molecule is CNC(=O)C(C)N1CCc2ccccc2C1CN. The van der Waals surface area contributed by atoms with Gasteiger partial charge < -0.3 is 11.1 Å². The van der Waals surface area contributed by atoms with Gasteiger partial charge in [-0.2, -0.15) is 0 Å². The third-order valence-electron chi connectivity index (χ3n) is 3.80. The number of amides is 1. The van der Waals surface area contributed by atoms with Gasteiger partial charge in [0.25, 0.3) is 0 Å². The van der Waals surface area contributed by atoms with Crippen LogP contribution in [-0.2, 0) is 11.2 Å². The largest absolute Gasteiger partial charge is 0.358 e. The minimum absolute atomic E-state index is 0.0489. The number of carbonyl (C=O) groups is 1. The molecule has 2 unspecified atom stereocenters. The fourth-order valence-electron chi connectivity index (χ4n) is 2.76. The number of nitrogens with two attached hydrogens (primary N) is 1. The highest BCUT2D eigenvalue weighted by Gasteiger charge is 2.31. The van der Waals surface area contributed by atoms with Crippen molar-refractivity contribution in [1.82, 2.24) is 10.2 Å². The molecule has 1 aromatic rings. The maximum Gasteiger partial charge on any atom is 0.236 e. The summed E-state index contributed by atoms with van der Waals surface area (Å²) in [5, 5.41) is 2.71. The molecule has 18 heavy (non-hydrogen) atoms. The highest BCUT2D eigenvalue weighted by molar-refractivity contribution is 5.81. The van der Waals surface area contributed by atoms with Crippen molar-refractivity contribution in [2.75, 3.05) is 20.1 Å². The first kappa shape index (κ1) is 13.1. The van der Waals surface area contributed by atoms with Gasteiger partial charge >= 0.3 is 0 Å². The second-order valence-corrected chi connectivity index (χ2v) is 4.73. The molecule has 0 spiro atoms. The molecule has 1 aromatic carbocycles. The Morgan fingerprint density at radius 2 is 2.28 bits per heavy atom. The third-order valence-corrected chi connectivity index (χ3v) is 3.80. The van der Waals surface area contributed by atoms with E-state index in [1.165, 1.54) is 11.1 Å². The van der Waals surface area contributed by atoms with Gasteiger partial charge in [-0.05, 0) is 24.5 Å². The molecule has 4 nitrogen and oxygen atoms in total. The lowest BCUT2D eigenvalue weighted by Crippen LogP contribution is -2.50. The Labute approximate surface area is 108 Å². The second-order valence-electron chi connectivity index (χ2n) is 4.73. The van der Waals surface area contributed by atoms with Gasteiger partial charge in [0.15, 0.2) is 0 Å². The molecule has 1 aliphatic heterocycles. The number of benzene rings is 1. The molecule has 0 saturated carbocycles. The molecule has 0 fully saturated rings. The highest BCUT2D eigenvalue weighted by atomic mass is 16.2. The van der Waals surface area contributed by atoms with Crippen LogP contribution in [0.25, 0.3) is 0 Å². The van der Waals surface area contributed by atoms with Crippen LogP contribution in [-0.4, -0.2) is 37.0 Å². The van der Waals surface area contributed by atoms with Crippen LogP contribution < -0.4 is 11.1 Å². The van der Waals surface area contributed by atoms with Crippen LogP contribution in [0.5, 0.6) is 0 Å². The number of carbonyl (C=O) groups excluding carboxylic acids is 1. The van der Waals surface area contributed by atoms with Crippen LogP contribution >= 0.6 is 0 Å². The summed E-state index contributed by atoms with van der Waals surface area (Å²) in [4.78, 5) is 14.0. The smallest absolute Gasteiger partial charge is 0.236 e. The first-order chi connectivity index (χ1) is 8.69. The summed E-state index contributed by atoms with van der Waals surface area (Å²) in [6.45, 7) is 3.36. The van der Waals surface area contributed by atoms with Gasteiger partial charge in [0.2, 0.25) is 5.91 Å². The maximum atomic E-state index is 11.8. The summed E-state index contributed by atoms with van der Waals surface area (Å²) >= 11 is 0. The van der Waals surface area contributed by atoms with E-state index >= 15 is 0 Å². The van der Waals surface area contributed by atoms with Crippen LogP contribution in [0.2, 0.25) is 0 Å². The van der Waals surface area contributed by atoms with E-state index in [0.29, 0.717) is 6.54 Å². The number of hydrogen-bond acceptors (Lipinski definition) is 3. The third kappa shape index (κ3) is 2.26. The molecule has 1 amide bonds. The number of hydrogen-bond donors (Lipinski definition) is 2. The summed E-state index contributed by atoms with van der Waals surface area (Å²) in [6, 6.07) is 8.37. The summed E-state index contributed by atoms with van der Waals surface area (Å²) in [5.74, 6) is 0.0489. The minimum Gasteiger partial charge on any atom is -0.358 e. The number of likely N-dealkylation sites (N-methyl/N-ethyl adjacent to an activating group) is 1. The Morgan fingerprint density at radius 3 is 2.94 bits per heavy atom. The van der Waals surface area contributed by atoms with E-state index < -0.39 is 0 Å². The Bertz CT molecular complexity index is 433. The Kier molecular flexibility index (Phi) is 3.99. The van der Waals surface area contributed by atoms with Crippen molar-refractivity contribution in [1.29, 1.82) is 0 Å². The normalized spacial score (nSPS) is 21.2. The lowest BCUT2D eigenvalue weighted by atomic mass is 9.91. The minimum atomic E-state index is -0.142. The van der Waals surface area contributed by atoms with Crippen molar-refractivity contribution in [3.05, 3.63) is 35.4 Å².